The van der Waals surface area contributed by atoms with E-state index in [-0.39, 0.29) is 18.8 Å². The molecular formula is C19H26N2O4. The van der Waals surface area contributed by atoms with E-state index in [2.05, 4.69) is 0 Å². The second kappa shape index (κ2) is 6.94. The number of likely N-dealkylation sites (tertiary alicyclic amines) is 2. The zero-order valence-electron chi connectivity index (χ0n) is 15.1. The van der Waals surface area contributed by atoms with Crippen LogP contribution in [0.15, 0.2) is 30.3 Å². The van der Waals surface area contributed by atoms with Gasteiger partial charge in [0.05, 0.1) is 0 Å². The van der Waals surface area contributed by atoms with Crippen LogP contribution in [0.4, 0.5) is 9.59 Å². The summed E-state index contributed by atoms with van der Waals surface area (Å²) < 4.78 is 10.8. The Kier molecular flexibility index (Phi) is 4.88. The second-order valence-corrected chi connectivity index (χ2v) is 7.85. The van der Waals surface area contributed by atoms with Gasteiger partial charge in [-0.15, -0.1) is 0 Å². The maximum absolute atomic E-state index is 12.3. The van der Waals surface area contributed by atoms with Crippen LogP contribution in [0.1, 0.15) is 26.3 Å². The van der Waals surface area contributed by atoms with E-state index in [0.29, 0.717) is 38.0 Å². The highest BCUT2D eigenvalue weighted by atomic mass is 16.6. The fraction of sp³-hybridized carbons (Fsp3) is 0.579. The molecule has 2 aliphatic rings. The molecule has 6 heteroatoms. The van der Waals surface area contributed by atoms with E-state index >= 15 is 0 Å². The van der Waals surface area contributed by atoms with Crippen molar-refractivity contribution in [2.75, 3.05) is 26.2 Å². The van der Waals surface area contributed by atoms with E-state index in [0.717, 1.165) is 5.56 Å². The van der Waals surface area contributed by atoms with E-state index < -0.39 is 5.60 Å². The van der Waals surface area contributed by atoms with Gasteiger partial charge in [-0.25, -0.2) is 9.59 Å². The number of carbonyl (C=O) groups excluding carboxylic acids is 2. The summed E-state index contributed by atoms with van der Waals surface area (Å²) in [5.74, 6) is 0.605. The number of rotatable bonds is 2. The Labute approximate surface area is 148 Å². The Hall–Kier alpha value is -2.24. The lowest BCUT2D eigenvalue weighted by Gasteiger charge is -2.25. The van der Waals surface area contributed by atoms with E-state index in [4.69, 9.17) is 9.47 Å². The van der Waals surface area contributed by atoms with Crippen LogP contribution in [0.2, 0.25) is 0 Å². The summed E-state index contributed by atoms with van der Waals surface area (Å²) in [6.07, 6.45) is -0.540. The fourth-order valence-electron chi connectivity index (χ4n) is 3.43. The van der Waals surface area contributed by atoms with Crippen LogP contribution in [0.25, 0.3) is 0 Å². The van der Waals surface area contributed by atoms with Crippen molar-refractivity contribution in [3.8, 4) is 0 Å². The minimum Gasteiger partial charge on any atom is -0.445 e. The Bertz CT molecular complexity index is 612. The van der Waals surface area contributed by atoms with Crippen LogP contribution in [0, 0.1) is 11.8 Å². The molecule has 2 saturated heterocycles. The predicted octanol–water partition coefficient (Wildman–Crippen LogP) is 3.12. The molecule has 136 valence electrons. The zero-order valence-corrected chi connectivity index (χ0v) is 15.1. The van der Waals surface area contributed by atoms with Gasteiger partial charge in [0.15, 0.2) is 0 Å². The fourth-order valence-corrected chi connectivity index (χ4v) is 3.43. The van der Waals surface area contributed by atoms with E-state index in [1.807, 2.05) is 51.1 Å². The van der Waals surface area contributed by atoms with E-state index in [9.17, 15) is 9.59 Å². The molecule has 2 aliphatic heterocycles. The normalized spacial score (nSPS) is 22.7. The van der Waals surface area contributed by atoms with Crippen molar-refractivity contribution in [1.82, 2.24) is 9.80 Å². The molecule has 2 fully saturated rings. The van der Waals surface area contributed by atoms with Crippen molar-refractivity contribution in [2.45, 2.75) is 33.0 Å². The first-order chi connectivity index (χ1) is 11.8. The van der Waals surface area contributed by atoms with Crippen LogP contribution in [-0.4, -0.2) is 53.8 Å². The maximum Gasteiger partial charge on any atom is 0.410 e. The first kappa shape index (κ1) is 17.6. The number of hydrogen-bond donors (Lipinski definition) is 0. The van der Waals surface area contributed by atoms with Crippen LogP contribution < -0.4 is 0 Å². The number of ether oxygens (including phenoxy) is 2. The topological polar surface area (TPSA) is 59.1 Å². The molecule has 0 unspecified atom stereocenters. The number of benzene rings is 1. The Morgan fingerprint density at radius 2 is 1.48 bits per heavy atom. The molecule has 0 aliphatic carbocycles. The third-order valence-corrected chi connectivity index (χ3v) is 4.60. The lowest BCUT2D eigenvalue weighted by Crippen LogP contribution is -2.38. The van der Waals surface area contributed by atoms with Crippen molar-refractivity contribution in [3.63, 3.8) is 0 Å². The van der Waals surface area contributed by atoms with Crippen LogP contribution in [0.3, 0.4) is 0 Å². The van der Waals surface area contributed by atoms with Gasteiger partial charge in [0.25, 0.3) is 0 Å². The minimum atomic E-state index is -0.484. The molecule has 0 spiro atoms. The quantitative estimate of drug-likeness (QED) is 0.825. The minimum absolute atomic E-state index is 0.264. The number of nitrogens with zero attached hydrogens (tertiary/aromatic N) is 2. The van der Waals surface area contributed by atoms with Gasteiger partial charge in [0.2, 0.25) is 0 Å². The summed E-state index contributed by atoms with van der Waals surface area (Å²) >= 11 is 0. The number of fused-ring (bicyclic) bond motifs is 1. The zero-order chi connectivity index (χ0) is 18.0. The molecule has 1 aromatic carbocycles. The van der Waals surface area contributed by atoms with Crippen molar-refractivity contribution in [1.29, 1.82) is 0 Å². The summed E-state index contributed by atoms with van der Waals surface area (Å²) in [7, 11) is 0. The molecule has 6 nitrogen and oxygen atoms in total. The second-order valence-electron chi connectivity index (χ2n) is 7.85. The summed E-state index contributed by atoms with van der Waals surface area (Å²) in [5.41, 5.74) is 0.494. The van der Waals surface area contributed by atoms with Crippen molar-refractivity contribution >= 4 is 12.2 Å². The molecule has 25 heavy (non-hydrogen) atoms. The molecule has 2 amide bonds. The molecule has 1 aromatic rings. The SMILES string of the molecule is CC(C)(C)OC(=O)N1C[C@H]2CN(C(=O)OCc3ccccc3)C[C@H]2C1. The number of carbonyl (C=O) groups is 2. The molecule has 0 bridgehead atoms. The van der Waals surface area contributed by atoms with Gasteiger partial charge in [0, 0.05) is 38.0 Å². The van der Waals surface area contributed by atoms with Gasteiger partial charge in [-0.1, -0.05) is 30.3 Å². The van der Waals surface area contributed by atoms with Gasteiger partial charge >= 0.3 is 12.2 Å². The lowest BCUT2D eigenvalue weighted by atomic mass is 10.0. The van der Waals surface area contributed by atoms with Gasteiger partial charge < -0.3 is 19.3 Å². The largest absolute Gasteiger partial charge is 0.445 e. The van der Waals surface area contributed by atoms with Crippen LogP contribution in [0.5, 0.6) is 0 Å². The summed E-state index contributed by atoms with van der Waals surface area (Å²) in [6, 6.07) is 9.65. The number of amides is 2. The van der Waals surface area contributed by atoms with Crippen LogP contribution >= 0.6 is 0 Å². The average molecular weight is 346 g/mol. The van der Waals surface area contributed by atoms with E-state index in [1.165, 1.54) is 0 Å². The summed E-state index contributed by atoms with van der Waals surface area (Å²) in [4.78, 5) is 27.9. The lowest BCUT2D eigenvalue weighted by molar-refractivity contribution is 0.0274. The molecule has 0 aromatic heterocycles. The Morgan fingerprint density at radius 1 is 0.960 bits per heavy atom. The smallest absolute Gasteiger partial charge is 0.410 e. The third kappa shape index (κ3) is 4.44. The molecule has 0 N–H and O–H groups in total. The van der Waals surface area contributed by atoms with Crippen LogP contribution in [-0.2, 0) is 16.1 Å². The third-order valence-electron chi connectivity index (χ3n) is 4.60. The Morgan fingerprint density at radius 3 is 2.00 bits per heavy atom. The first-order valence-corrected chi connectivity index (χ1v) is 8.75. The summed E-state index contributed by atoms with van der Waals surface area (Å²) in [6.45, 7) is 8.44. The van der Waals surface area contributed by atoms with Gasteiger partial charge in [-0.2, -0.15) is 0 Å². The Balaban J connectivity index is 1.46. The molecule has 3 rings (SSSR count). The first-order valence-electron chi connectivity index (χ1n) is 8.75. The van der Waals surface area contributed by atoms with Crippen molar-refractivity contribution in [2.24, 2.45) is 11.8 Å². The molecule has 0 radical (unpaired) electrons. The van der Waals surface area contributed by atoms with Crippen molar-refractivity contribution < 1.29 is 19.1 Å². The predicted molar refractivity (Wildman–Crippen MR) is 93.0 cm³/mol. The van der Waals surface area contributed by atoms with Gasteiger partial charge in [-0.3, -0.25) is 0 Å². The van der Waals surface area contributed by atoms with Crippen molar-refractivity contribution in [3.05, 3.63) is 35.9 Å². The standard InChI is InChI=1S/C19H26N2O4/c1-19(2,3)25-18(23)21-11-15-9-20(10-16(15)12-21)17(22)24-13-14-7-5-4-6-8-14/h4-8,15-16H,9-13H2,1-3H3/t15-,16+. The van der Waals surface area contributed by atoms with Gasteiger partial charge in [0.1, 0.15) is 12.2 Å². The molecule has 2 heterocycles. The molecule has 2 atom stereocenters. The highest BCUT2D eigenvalue weighted by Crippen LogP contribution is 2.32. The van der Waals surface area contributed by atoms with E-state index in [1.54, 1.807) is 9.80 Å². The summed E-state index contributed by atoms with van der Waals surface area (Å²) in [5, 5.41) is 0. The monoisotopic (exact) mass is 346 g/mol. The highest BCUT2D eigenvalue weighted by molar-refractivity contribution is 5.70. The average Bonchev–Trinajstić information content (AvgIpc) is 3.11. The van der Waals surface area contributed by atoms with Gasteiger partial charge in [-0.05, 0) is 26.3 Å². The molecule has 0 saturated carbocycles. The highest BCUT2D eigenvalue weighted by Gasteiger charge is 2.44. The number of hydrogen-bond acceptors (Lipinski definition) is 4. The maximum atomic E-state index is 12.3. The molecular weight excluding hydrogens is 320 g/mol.